The van der Waals surface area contributed by atoms with Crippen LogP contribution in [0.3, 0.4) is 0 Å². The second-order valence-electron chi connectivity index (χ2n) is 15.3. The summed E-state index contributed by atoms with van der Waals surface area (Å²) in [7, 11) is 0. The molecule has 0 fully saturated rings. The van der Waals surface area contributed by atoms with Gasteiger partial charge in [-0.3, -0.25) is 29.2 Å². The van der Waals surface area contributed by atoms with Crippen molar-refractivity contribution >= 4 is 35.5 Å². The molecule has 0 saturated heterocycles. The summed E-state index contributed by atoms with van der Waals surface area (Å²) in [4.78, 5) is 59.5. The van der Waals surface area contributed by atoms with E-state index in [2.05, 4.69) is 45.1 Å². The lowest BCUT2D eigenvalue weighted by molar-refractivity contribution is -0.129. The van der Waals surface area contributed by atoms with Crippen molar-refractivity contribution in [2.75, 3.05) is 26.2 Å². The van der Waals surface area contributed by atoms with Crippen LogP contribution in [0.25, 0.3) is 0 Å². The lowest BCUT2D eigenvalue weighted by atomic mass is 10.1. The molecule has 0 bridgehead atoms. The fourth-order valence-corrected chi connectivity index (χ4v) is 6.54. The van der Waals surface area contributed by atoms with E-state index in [1.165, 1.54) is 77.0 Å². The van der Waals surface area contributed by atoms with Gasteiger partial charge < -0.3 is 44.2 Å². The molecule has 0 aliphatic rings. The van der Waals surface area contributed by atoms with E-state index in [9.17, 15) is 19.2 Å². The maximum absolute atomic E-state index is 13.0. The first-order chi connectivity index (χ1) is 27.1. The Morgan fingerprint density at radius 3 is 1.05 bits per heavy atom. The fraction of sp³-hybridized carbons (Fsp3) is 0.857. The van der Waals surface area contributed by atoms with Crippen molar-refractivity contribution in [2.24, 2.45) is 32.9 Å². The summed E-state index contributed by atoms with van der Waals surface area (Å²) in [6.45, 7) is 6.21. The predicted octanol–water partition coefficient (Wildman–Crippen LogP) is 5.70. The predicted molar refractivity (Wildman–Crippen MR) is 232 cm³/mol. The molecule has 14 heteroatoms. The highest BCUT2D eigenvalue weighted by atomic mass is 16.2. The minimum absolute atomic E-state index is 0.00524. The van der Waals surface area contributed by atoms with Crippen LogP contribution in [0.2, 0.25) is 0 Å². The van der Waals surface area contributed by atoms with Crippen LogP contribution in [0.4, 0.5) is 0 Å². The van der Waals surface area contributed by atoms with Crippen molar-refractivity contribution in [1.29, 1.82) is 0 Å². The number of guanidine groups is 2. The van der Waals surface area contributed by atoms with Gasteiger partial charge in [0.2, 0.25) is 23.6 Å². The van der Waals surface area contributed by atoms with Gasteiger partial charge in [0.05, 0.1) is 0 Å². The first kappa shape index (κ1) is 52.4. The molecule has 0 radical (unpaired) electrons. The summed E-state index contributed by atoms with van der Waals surface area (Å²) in [5.41, 5.74) is 21.8. The Kier molecular flexibility index (Phi) is 35.9. The second kappa shape index (κ2) is 38.3. The molecular weight excluding hydrogens is 709 g/mol. The molecule has 14 nitrogen and oxygen atoms in total. The van der Waals surface area contributed by atoms with Crippen molar-refractivity contribution in [3.63, 3.8) is 0 Å². The monoisotopic (exact) mass is 793 g/mol. The summed E-state index contributed by atoms with van der Waals surface area (Å²) >= 11 is 0. The maximum Gasteiger partial charge on any atom is 0.242 e. The van der Waals surface area contributed by atoms with E-state index in [1.807, 2.05) is 0 Å². The van der Waals surface area contributed by atoms with Gasteiger partial charge in [0.25, 0.3) is 0 Å². The largest absolute Gasteiger partial charge is 0.370 e. The standard InChI is InChI=1S/C42H84N10O4/c1-3-5-7-9-11-13-15-17-21-29-37(53)51-35(27-25-33-49-41(43)44)39(55)47-31-23-19-20-24-32-48-40(56)36(28-26-34-50-42(45)46)52-38(54)30-22-18-16-14-12-10-8-6-4-2/h35-36H,3-34H2,1-2H3,(H,47,55)(H,48,56)(H,51,53)(H,52,54)(H4,43,44,49)(H4,45,46,50). The Hall–Kier alpha value is -3.58. The molecule has 0 aromatic heterocycles. The Morgan fingerprint density at radius 1 is 0.429 bits per heavy atom. The van der Waals surface area contributed by atoms with Gasteiger partial charge in [-0.2, -0.15) is 0 Å². The van der Waals surface area contributed by atoms with E-state index < -0.39 is 12.1 Å². The molecule has 0 aromatic carbocycles. The minimum atomic E-state index is -0.636. The van der Waals surface area contributed by atoms with Gasteiger partial charge in [-0.1, -0.05) is 129 Å². The third kappa shape index (κ3) is 34.9. The van der Waals surface area contributed by atoms with Crippen LogP contribution in [-0.2, 0) is 19.2 Å². The Balaban J connectivity index is 4.55. The summed E-state index contributed by atoms with van der Waals surface area (Å²) in [5, 5.41) is 11.8. The number of aliphatic imine (C=N–C) groups is 2. The molecule has 2 atom stereocenters. The van der Waals surface area contributed by atoms with Crippen molar-refractivity contribution in [3.05, 3.63) is 0 Å². The first-order valence-corrected chi connectivity index (χ1v) is 22.4. The van der Waals surface area contributed by atoms with Gasteiger partial charge in [0.1, 0.15) is 12.1 Å². The molecule has 56 heavy (non-hydrogen) atoms. The average molecular weight is 793 g/mol. The molecule has 326 valence electrons. The number of carbonyl (C=O) groups excluding carboxylic acids is 4. The second-order valence-corrected chi connectivity index (χ2v) is 15.3. The number of amides is 4. The summed E-state index contributed by atoms with van der Waals surface area (Å²) in [5.74, 6) is -0.602. The molecule has 2 unspecified atom stereocenters. The highest BCUT2D eigenvalue weighted by Crippen LogP contribution is 2.12. The van der Waals surface area contributed by atoms with Gasteiger partial charge >= 0.3 is 0 Å². The molecule has 12 N–H and O–H groups in total. The minimum Gasteiger partial charge on any atom is -0.370 e. The zero-order valence-electron chi connectivity index (χ0n) is 35.6. The zero-order valence-corrected chi connectivity index (χ0v) is 35.6. The van der Waals surface area contributed by atoms with Gasteiger partial charge in [-0.15, -0.1) is 0 Å². The number of unbranched alkanes of at least 4 members (excludes halogenated alkanes) is 19. The van der Waals surface area contributed by atoms with E-state index in [0.29, 0.717) is 64.7 Å². The fourth-order valence-electron chi connectivity index (χ4n) is 6.54. The Labute approximate surface area is 340 Å². The van der Waals surface area contributed by atoms with Gasteiger partial charge in [-0.05, 0) is 51.4 Å². The number of hydrogen-bond donors (Lipinski definition) is 8. The van der Waals surface area contributed by atoms with E-state index >= 15 is 0 Å². The number of carbonyl (C=O) groups is 4. The molecular formula is C42H84N10O4. The SMILES string of the molecule is CCCCCCCCCCCC(=O)NC(CCCN=C(N)N)C(=O)NCCCCCCNC(=O)C(CCCN=C(N)N)NC(=O)CCCCCCCCCCC. The Morgan fingerprint density at radius 2 is 0.732 bits per heavy atom. The summed E-state index contributed by atoms with van der Waals surface area (Å²) in [6.07, 6.45) is 27.3. The van der Waals surface area contributed by atoms with Crippen molar-refractivity contribution in [1.82, 2.24) is 21.3 Å². The number of nitrogens with zero attached hydrogens (tertiary/aromatic N) is 2. The van der Waals surface area contributed by atoms with Gasteiger partial charge in [0, 0.05) is 39.0 Å². The van der Waals surface area contributed by atoms with Crippen LogP contribution in [0, 0.1) is 0 Å². The molecule has 0 aliphatic heterocycles. The molecule has 0 rings (SSSR count). The molecule has 4 amide bonds. The van der Waals surface area contributed by atoms with Crippen molar-refractivity contribution in [2.45, 2.75) is 206 Å². The third-order valence-electron chi connectivity index (χ3n) is 9.91. The number of nitrogens with one attached hydrogen (secondary N) is 4. The van der Waals surface area contributed by atoms with E-state index in [1.54, 1.807) is 0 Å². The van der Waals surface area contributed by atoms with E-state index in [-0.39, 0.29) is 35.5 Å². The van der Waals surface area contributed by atoms with E-state index in [4.69, 9.17) is 22.9 Å². The van der Waals surface area contributed by atoms with Crippen LogP contribution in [0.1, 0.15) is 194 Å². The van der Waals surface area contributed by atoms with Crippen LogP contribution >= 0.6 is 0 Å². The van der Waals surface area contributed by atoms with Gasteiger partial charge in [-0.25, -0.2) is 0 Å². The normalized spacial score (nSPS) is 12.0. The number of hydrogen-bond acceptors (Lipinski definition) is 6. The smallest absolute Gasteiger partial charge is 0.242 e. The Bertz CT molecular complexity index is 982. The van der Waals surface area contributed by atoms with Crippen molar-refractivity contribution in [3.8, 4) is 0 Å². The third-order valence-corrected chi connectivity index (χ3v) is 9.91. The quantitative estimate of drug-likeness (QED) is 0.0218. The zero-order chi connectivity index (χ0) is 41.5. The summed E-state index contributed by atoms with van der Waals surface area (Å²) < 4.78 is 0. The molecule has 0 spiro atoms. The molecule has 0 heterocycles. The molecule has 0 saturated carbocycles. The topological polar surface area (TPSA) is 245 Å². The van der Waals surface area contributed by atoms with Gasteiger partial charge in [0.15, 0.2) is 11.9 Å². The number of nitrogens with two attached hydrogens (primary N) is 4. The van der Waals surface area contributed by atoms with Crippen LogP contribution in [0.5, 0.6) is 0 Å². The highest BCUT2D eigenvalue weighted by molar-refractivity contribution is 5.88. The van der Waals surface area contributed by atoms with Crippen LogP contribution < -0.4 is 44.2 Å². The van der Waals surface area contributed by atoms with Crippen LogP contribution in [0.15, 0.2) is 9.98 Å². The van der Waals surface area contributed by atoms with Crippen molar-refractivity contribution < 1.29 is 19.2 Å². The molecule has 0 aromatic rings. The highest BCUT2D eigenvalue weighted by Gasteiger charge is 2.21. The van der Waals surface area contributed by atoms with Crippen LogP contribution in [-0.4, -0.2) is 73.8 Å². The van der Waals surface area contributed by atoms with E-state index in [0.717, 1.165) is 64.2 Å². The lowest BCUT2D eigenvalue weighted by Crippen LogP contribution is -2.47. The maximum atomic E-state index is 13.0. The molecule has 0 aliphatic carbocycles. The number of rotatable bonds is 39. The average Bonchev–Trinajstić information content (AvgIpc) is 3.16. The lowest BCUT2D eigenvalue weighted by Gasteiger charge is -2.19. The first-order valence-electron chi connectivity index (χ1n) is 22.4. The summed E-state index contributed by atoms with van der Waals surface area (Å²) in [6, 6.07) is -1.27.